The molecule has 0 bridgehead atoms. The molecule has 0 atom stereocenters. The Labute approximate surface area is 343 Å². The molecule has 8 aromatic rings. The van der Waals surface area contributed by atoms with Crippen LogP contribution in [0.1, 0.15) is 123 Å². The predicted octanol–water partition coefficient (Wildman–Crippen LogP) is 13.4. The van der Waals surface area contributed by atoms with E-state index in [1.807, 2.05) is 26.0 Å². The molecule has 0 amide bonds. The number of nitrogens with zero attached hydrogens (tertiary/aromatic N) is 6. The summed E-state index contributed by atoms with van der Waals surface area (Å²) in [6.45, 7) is 31.0. The SMILES string of the molecule is Cc1nc(C)nc(-c2c(-n3c4cc(C(C)(C)C)ccc4c4ccc(C(C)(C)C)cc43)cc(C#N)cc2-n2c3cc(C(C)(C)C)ccc3c3ccc(C(C)(C)C)cc32)n1. The minimum atomic E-state index is -0.0878. The maximum Gasteiger partial charge on any atom is 0.167 e. The lowest BCUT2D eigenvalue weighted by Crippen LogP contribution is -2.13. The van der Waals surface area contributed by atoms with E-state index in [9.17, 15) is 5.26 Å². The summed E-state index contributed by atoms with van der Waals surface area (Å²) in [6.07, 6.45) is 0. The smallest absolute Gasteiger partial charge is 0.167 e. The number of benzene rings is 5. The minimum Gasteiger partial charge on any atom is -0.308 e. The van der Waals surface area contributed by atoms with Gasteiger partial charge in [0.15, 0.2) is 5.82 Å². The summed E-state index contributed by atoms with van der Waals surface area (Å²) >= 11 is 0. The first-order valence-corrected chi connectivity index (χ1v) is 20.5. The first kappa shape index (κ1) is 39.0. The van der Waals surface area contributed by atoms with E-state index in [4.69, 9.17) is 9.97 Å². The first-order chi connectivity index (χ1) is 27.0. The minimum absolute atomic E-state index is 0.0878. The molecule has 0 aliphatic carbocycles. The molecule has 0 fully saturated rings. The maximum absolute atomic E-state index is 11.0. The van der Waals surface area contributed by atoms with Crippen LogP contribution in [-0.2, 0) is 21.7 Å². The van der Waals surface area contributed by atoms with Gasteiger partial charge in [0.1, 0.15) is 11.6 Å². The summed E-state index contributed by atoms with van der Waals surface area (Å²) < 4.78 is 4.75. The number of aryl methyl sites for hydroxylation is 2. The summed E-state index contributed by atoms with van der Waals surface area (Å²) in [4.78, 5) is 14.9. The maximum atomic E-state index is 11.0. The molecule has 3 aromatic heterocycles. The standard InChI is InChI=1S/C52H56N6/c1-30-54-31(2)56-48(55-30)47-45(57-41-25-33(49(3,4)5)15-19-37(41)38-20-16-34(26-42(38)57)50(6,7)8)23-32(29-53)24-46(47)58-43-27-35(51(9,10)11)17-21-39(43)40-22-18-36(28-44(40)58)52(12,13)14/h15-28H,1-14H3. The van der Waals surface area contributed by atoms with Gasteiger partial charge in [-0.3, -0.25) is 0 Å². The number of rotatable bonds is 3. The molecule has 0 spiro atoms. The molecule has 0 aliphatic heterocycles. The lowest BCUT2D eigenvalue weighted by Gasteiger charge is -2.23. The number of hydrogen-bond donors (Lipinski definition) is 0. The van der Waals surface area contributed by atoms with Gasteiger partial charge < -0.3 is 9.13 Å². The van der Waals surface area contributed by atoms with Crippen LogP contribution in [-0.4, -0.2) is 24.1 Å². The molecule has 6 heteroatoms. The van der Waals surface area contributed by atoms with Crippen LogP contribution in [0.2, 0.25) is 0 Å². The van der Waals surface area contributed by atoms with E-state index in [0.717, 1.165) is 60.5 Å². The highest BCUT2D eigenvalue weighted by Crippen LogP contribution is 2.44. The van der Waals surface area contributed by atoms with E-state index in [1.54, 1.807) is 0 Å². The van der Waals surface area contributed by atoms with Crippen LogP contribution in [0.3, 0.4) is 0 Å². The van der Waals surface area contributed by atoms with Crippen LogP contribution in [0.5, 0.6) is 0 Å². The predicted molar refractivity (Wildman–Crippen MR) is 243 cm³/mol. The highest BCUT2D eigenvalue weighted by molar-refractivity contribution is 6.12. The normalized spacial score (nSPS) is 13.0. The van der Waals surface area contributed by atoms with E-state index in [0.29, 0.717) is 23.0 Å². The monoisotopic (exact) mass is 764 g/mol. The Balaban J connectivity index is 1.64. The molecule has 6 nitrogen and oxygen atoms in total. The van der Waals surface area contributed by atoms with Gasteiger partial charge in [-0.25, -0.2) is 15.0 Å². The second kappa shape index (κ2) is 13.1. The van der Waals surface area contributed by atoms with Crippen molar-refractivity contribution < 1.29 is 0 Å². The molecule has 0 saturated heterocycles. The van der Waals surface area contributed by atoms with Crippen molar-refractivity contribution in [1.29, 1.82) is 5.26 Å². The number of nitriles is 1. The second-order valence-electron chi connectivity index (χ2n) is 20.4. The number of hydrogen-bond acceptors (Lipinski definition) is 4. The highest BCUT2D eigenvalue weighted by atomic mass is 15.1. The lowest BCUT2D eigenvalue weighted by molar-refractivity contribution is 0.590. The Bertz CT molecular complexity index is 2680. The Hall–Kier alpha value is -5.80. The molecular weight excluding hydrogens is 709 g/mol. The molecule has 0 saturated carbocycles. The van der Waals surface area contributed by atoms with Crippen LogP contribution in [0.15, 0.2) is 84.9 Å². The van der Waals surface area contributed by atoms with Gasteiger partial charge in [0, 0.05) is 21.5 Å². The van der Waals surface area contributed by atoms with Crippen LogP contribution in [0, 0.1) is 25.2 Å². The van der Waals surface area contributed by atoms with E-state index in [1.165, 1.54) is 22.3 Å². The molecule has 0 unspecified atom stereocenters. The fraction of sp³-hybridized carbons (Fsp3) is 0.346. The fourth-order valence-electron chi connectivity index (χ4n) is 8.41. The zero-order valence-corrected chi connectivity index (χ0v) is 36.8. The Kier molecular flexibility index (Phi) is 8.83. The third-order valence-electron chi connectivity index (χ3n) is 11.8. The molecule has 58 heavy (non-hydrogen) atoms. The van der Waals surface area contributed by atoms with E-state index in [-0.39, 0.29) is 21.7 Å². The van der Waals surface area contributed by atoms with Crippen molar-refractivity contribution in [3.05, 3.63) is 124 Å². The molecule has 5 aromatic carbocycles. The molecular formula is C52H56N6. The first-order valence-electron chi connectivity index (χ1n) is 20.5. The van der Waals surface area contributed by atoms with Crippen molar-refractivity contribution in [2.24, 2.45) is 0 Å². The van der Waals surface area contributed by atoms with E-state index in [2.05, 4.69) is 176 Å². The van der Waals surface area contributed by atoms with Crippen molar-refractivity contribution in [2.45, 2.75) is 119 Å². The Morgan fingerprint density at radius 2 is 0.724 bits per heavy atom. The lowest BCUT2D eigenvalue weighted by atomic mass is 9.86. The third kappa shape index (κ3) is 6.55. The van der Waals surface area contributed by atoms with Crippen molar-refractivity contribution in [3.63, 3.8) is 0 Å². The highest BCUT2D eigenvalue weighted by Gasteiger charge is 2.28. The van der Waals surface area contributed by atoms with Crippen LogP contribution < -0.4 is 0 Å². The van der Waals surface area contributed by atoms with Crippen LogP contribution in [0.4, 0.5) is 0 Å². The van der Waals surface area contributed by atoms with Gasteiger partial charge in [-0.15, -0.1) is 0 Å². The van der Waals surface area contributed by atoms with Gasteiger partial charge in [0.05, 0.1) is 50.6 Å². The van der Waals surface area contributed by atoms with Gasteiger partial charge in [-0.1, -0.05) is 132 Å². The van der Waals surface area contributed by atoms with Crippen molar-refractivity contribution >= 4 is 43.6 Å². The molecule has 294 valence electrons. The van der Waals surface area contributed by atoms with E-state index >= 15 is 0 Å². The molecule has 0 N–H and O–H groups in total. The summed E-state index contributed by atoms with van der Waals surface area (Å²) in [6, 6.07) is 34.1. The van der Waals surface area contributed by atoms with E-state index < -0.39 is 0 Å². The summed E-state index contributed by atoms with van der Waals surface area (Å²) in [5, 5.41) is 15.6. The molecule has 3 heterocycles. The van der Waals surface area contributed by atoms with Gasteiger partial charge in [-0.2, -0.15) is 5.26 Å². The van der Waals surface area contributed by atoms with Gasteiger partial charge in [-0.05, 0) is 94.2 Å². The largest absolute Gasteiger partial charge is 0.308 e. The van der Waals surface area contributed by atoms with Crippen LogP contribution in [0.25, 0.3) is 66.4 Å². The van der Waals surface area contributed by atoms with Gasteiger partial charge >= 0.3 is 0 Å². The van der Waals surface area contributed by atoms with Crippen LogP contribution >= 0.6 is 0 Å². The zero-order valence-electron chi connectivity index (χ0n) is 36.8. The topological polar surface area (TPSA) is 72.3 Å². The zero-order chi connectivity index (χ0) is 41.9. The summed E-state index contributed by atoms with van der Waals surface area (Å²) in [5.74, 6) is 1.86. The fourth-order valence-corrected chi connectivity index (χ4v) is 8.41. The Morgan fingerprint density at radius 1 is 0.431 bits per heavy atom. The Morgan fingerprint density at radius 3 is 0.983 bits per heavy atom. The second-order valence-corrected chi connectivity index (χ2v) is 20.4. The quantitative estimate of drug-likeness (QED) is 0.180. The summed E-state index contributed by atoms with van der Waals surface area (Å²) in [7, 11) is 0. The van der Waals surface area contributed by atoms with Crippen molar-refractivity contribution in [1.82, 2.24) is 24.1 Å². The molecule has 0 radical (unpaired) electrons. The third-order valence-corrected chi connectivity index (χ3v) is 11.8. The van der Waals surface area contributed by atoms with Gasteiger partial charge in [0.25, 0.3) is 0 Å². The van der Waals surface area contributed by atoms with Gasteiger partial charge in [0.2, 0.25) is 0 Å². The number of aromatic nitrogens is 5. The molecule has 0 aliphatic rings. The molecule has 8 rings (SSSR count). The number of fused-ring (bicyclic) bond motifs is 6. The average molecular weight is 765 g/mol. The average Bonchev–Trinajstić information content (AvgIpc) is 3.63. The van der Waals surface area contributed by atoms with Crippen molar-refractivity contribution in [3.8, 4) is 28.8 Å². The van der Waals surface area contributed by atoms with Crippen molar-refractivity contribution in [2.75, 3.05) is 0 Å². The summed E-state index contributed by atoms with van der Waals surface area (Å²) in [5.41, 5.74) is 12.0.